The van der Waals surface area contributed by atoms with E-state index in [9.17, 15) is 4.79 Å². The molecule has 0 aliphatic rings. The standard InChI is InChI=1S/C12H16N2O/c1-9-5-11(7-13-6-9)12(8-15)10(2)14(3)4/h5-8H,1-4H3/b12-10-. The van der Waals surface area contributed by atoms with E-state index in [1.165, 1.54) is 0 Å². The number of carbonyl (C=O) groups is 1. The third-order valence-corrected chi connectivity index (χ3v) is 2.36. The van der Waals surface area contributed by atoms with Crippen LogP contribution in [-0.4, -0.2) is 30.3 Å². The molecule has 15 heavy (non-hydrogen) atoms. The largest absolute Gasteiger partial charge is 0.381 e. The molecule has 0 unspecified atom stereocenters. The van der Waals surface area contributed by atoms with Crippen molar-refractivity contribution >= 4 is 11.9 Å². The van der Waals surface area contributed by atoms with Crippen LogP contribution in [0.1, 0.15) is 18.1 Å². The van der Waals surface area contributed by atoms with Crippen LogP contribution in [-0.2, 0) is 4.79 Å². The highest BCUT2D eigenvalue weighted by Gasteiger charge is 2.06. The van der Waals surface area contributed by atoms with Crippen molar-refractivity contribution in [2.75, 3.05) is 14.1 Å². The lowest BCUT2D eigenvalue weighted by atomic mass is 10.1. The molecule has 1 aromatic heterocycles. The highest BCUT2D eigenvalue weighted by molar-refractivity contribution is 6.07. The molecule has 0 spiro atoms. The van der Waals surface area contributed by atoms with E-state index in [2.05, 4.69) is 4.98 Å². The fourth-order valence-electron chi connectivity index (χ4n) is 1.31. The molecule has 1 rings (SSSR count). The molecule has 3 nitrogen and oxygen atoms in total. The molecule has 0 bridgehead atoms. The third kappa shape index (κ3) is 2.65. The number of allylic oxidation sites excluding steroid dienone is 2. The summed E-state index contributed by atoms with van der Waals surface area (Å²) in [6, 6.07) is 1.96. The van der Waals surface area contributed by atoms with Gasteiger partial charge in [0, 0.05) is 43.3 Å². The number of carbonyl (C=O) groups excluding carboxylic acids is 1. The van der Waals surface area contributed by atoms with E-state index in [-0.39, 0.29) is 0 Å². The zero-order valence-electron chi connectivity index (χ0n) is 9.61. The number of aromatic nitrogens is 1. The highest BCUT2D eigenvalue weighted by Crippen LogP contribution is 2.17. The fraction of sp³-hybridized carbons (Fsp3) is 0.333. The van der Waals surface area contributed by atoms with E-state index in [1.807, 2.05) is 38.9 Å². The van der Waals surface area contributed by atoms with Gasteiger partial charge in [-0.2, -0.15) is 0 Å². The second kappa shape index (κ2) is 4.73. The molecule has 0 aromatic carbocycles. The average Bonchev–Trinajstić information content (AvgIpc) is 2.18. The summed E-state index contributed by atoms with van der Waals surface area (Å²) in [6.45, 7) is 3.88. The van der Waals surface area contributed by atoms with Crippen molar-refractivity contribution in [3.63, 3.8) is 0 Å². The second-order valence-corrected chi connectivity index (χ2v) is 3.76. The lowest BCUT2D eigenvalue weighted by molar-refractivity contribution is -0.103. The maximum absolute atomic E-state index is 11.1. The Morgan fingerprint density at radius 2 is 2.07 bits per heavy atom. The van der Waals surface area contributed by atoms with Crippen LogP contribution in [0.25, 0.3) is 5.57 Å². The van der Waals surface area contributed by atoms with Crippen molar-refractivity contribution in [1.82, 2.24) is 9.88 Å². The molecule has 0 radical (unpaired) electrons. The Hall–Kier alpha value is -1.64. The van der Waals surface area contributed by atoms with Crippen LogP contribution < -0.4 is 0 Å². The highest BCUT2D eigenvalue weighted by atomic mass is 16.1. The van der Waals surface area contributed by atoms with E-state index < -0.39 is 0 Å². The van der Waals surface area contributed by atoms with Crippen LogP contribution in [0.5, 0.6) is 0 Å². The van der Waals surface area contributed by atoms with E-state index in [1.54, 1.807) is 12.4 Å². The van der Waals surface area contributed by atoms with Crippen LogP contribution >= 0.6 is 0 Å². The number of hydrogen-bond acceptors (Lipinski definition) is 3. The first-order valence-corrected chi connectivity index (χ1v) is 4.81. The van der Waals surface area contributed by atoms with Gasteiger partial charge in [0.2, 0.25) is 0 Å². The molecule has 80 valence electrons. The second-order valence-electron chi connectivity index (χ2n) is 3.76. The summed E-state index contributed by atoms with van der Waals surface area (Å²) in [6.07, 6.45) is 4.37. The summed E-state index contributed by atoms with van der Waals surface area (Å²) in [5.74, 6) is 0. The lowest BCUT2D eigenvalue weighted by Gasteiger charge is -2.15. The number of nitrogens with zero attached hydrogens (tertiary/aromatic N) is 2. The quantitative estimate of drug-likeness (QED) is 0.556. The summed E-state index contributed by atoms with van der Waals surface area (Å²) in [7, 11) is 3.84. The number of rotatable bonds is 3. The third-order valence-electron chi connectivity index (χ3n) is 2.36. The Morgan fingerprint density at radius 3 is 2.53 bits per heavy atom. The van der Waals surface area contributed by atoms with Crippen molar-refractivity contribution in [3.8, 4) is 0 Å². The van der Waals surface area contributed by atoms with Crippen LogP contribution in [0.4, 0.5) is 0 Å². The smallest absolute Gasteiger partial charge is 0.152 e. The van der Waals surface area contributed by atoms with E-state index >= 15 is 0 Å². The van der Waals surface area contributed by atoms with E-state index in [0.717, 1.165) is 23.1 Å². The van der Waals surface area contributed by atoms with Gasteiger partial charge in [0.25, 0.3) is 0 Å². The minimum absolute atomic E-state index is 0.691. The Kier molecular flexibility index (Phi) is 3.61. The molecule has 0 saturated heterocycles. The molecule has 0 amide bonds. The number of aldehydes is 1. The molecular formula is C12H16N2O. The first kappa shape index (κ1) is 11.4. The fourth-order valence-corrected chi connectivity index (χ4v) is 1.31. The molecule has 0 aliphatic carbocycles. The van der Waals surface area contributed by atoms with Crippen LogP contribution in [0, 0.1) is 6.92 Å². The minimum atomic E-state index is 0.691. The lowest BCUT2D eigenvalue weighted by Crippen LogP contribution is -2.11. The van der Waals surface area contributed by atoms with Crippen molar-refractivity contribution in [3.05, 3.63) is 35.3 Å². The zero-order chi connectivity index (χ0) is 11.4. The molecule has 1 heterocycles. The number of pyridine rings is 1. The van der Waals surface area contributed by atoms with Gasteiger partial charge in [-0.1, -0.05) is 0 Å². The maximum Gasteiger partial charge on any atom is 0.152 e. The molecule has 0 saturated carbocycles. The topological polar surface area (TPSA) is 33.2 Å². The molecule has 1 aromatic rings. The van der Waals surface area contributed by atoms with Gasteiger partial charge in [-0.15, -0.1) is 0 Å². The Bertz CT molecular complexity index is 394. The van der Waals surface area contributed by atoms with Gasteiger partial charge in [0.05, 0.1) is 0 Å². The summed E-state index contributed by atoms with van der Waals surface area (Å²) < 4.78 is 0. The summed E-state index contributed by atoms with van der Waals surface area (Å²) in [4.78, 5) is 17.1. The van der Waals surface area contributed by atoms with Gasteiger partial charge < -0.3 is 4.90 Å². The van der Waals surface area contributed by atoms with E-state index in [0.29, 0.717) is 5.57 Å². The van der Waals surface area contributed by atoms with Gasteiger partial charge >= 0.3 is 0 Å². The van der Waals surface area contributed by atoms with Crippen molar-refractivity contribution in [2.45, 2.75) is 13.8 Å². The van der Waals surface area contributed by atoms with Gasteiger partial charge in [-0.05, 0) is 25.5 Å². The molecule has 0 N–H and O–H groups in total. The molecule has 0 atom stereocenters. The molecule has 0 aliphatic heterocycles. The van der Waals surface area contributed by atoms with Gasteiger partial charge in [-0.25, -0.2) is 0 Å². The first-order chi connectivity index (χ1) is 7.06. The van der Waals surface area contributed by atoms with Crippen molar-refractivity contribution < 1.29 is 4.79 Å². The van der Waals surface area contributed by atoms with Crippen molar-refractivity contribution in [2.24, 2.45) is 0 Å². The average molecular weight is 204 g/mol. The summed E-state index contributed by atoms with van der Waals surface area (Å²) in [5.41, 5.74) is 3.56. The predicted octanol–water partition coefficient (Wildman–Crippen LogP) is 1.88. The Morgan fingerprint density at radius 1 is 1.40 bits per heavy atom. The Balaban J connectivity index is 3.24. The van der Waals surface area contributed by atoms with Crippen LogP contribution in [0.2, 0.25) is 0 Å². The van der Waals surface area contributed by atoms with Gasteiger partial charge in [0.1, 0.15) is 0 Å². The monoisotopic (exact) mass is 204 g/mol. The summed E-state index contributed by atoms with van der Waals surface area (Å²) in [5, 5.41) is 0. The SMILES string of the molecule is C/C(=C(\C=O)c1cncc(C)c1)N(C)C. The first-order valence-electron chi connectivity index (χ1n) is 4.81. The predicted molar refractivity (Wildman–Crippen MR) is 61.3 cm³/mol. The van der Waals surface area contributed by atoms with Crippen molar-refractivity contribution in [1.29, 1.82) is 0 Å². The van der Waals surface area contributed by atoms with E-state index in [4.69, 9.17) is 0 Å². The normalized spacial score (nSPS) is 12.0. The molecular weight excluding hydrogens is 188 g/mol. The molecule has 3 heteroatoms. The minimum Gasteiger partial charge on any atom is -0.381 e. The Labute approximate surface area is 90.4 Å². The summed E-state index contributed by atoms with van der Waals surface area (Å²) >= 11 is 0. The number of hydrogen-bond donors (Lipinski definition) is 0. The number of aryl methyl sites for hydroxylation is 1. The van der Waals surface area contributed by atoms with Crippen LogP contribution in [0.3, 0.4) is 0 Å². The molecule has 0 fully saturated rings. The van der Waals surface area contributed by atoms with Gasteiger partial charge in [0.15, 0.2) is 6.29 Å². The van der Waals surface area contributed by atoms with Crippen LogP contribution in [0.15, 0.2) is 24.2 Å². The van der Waals surface area contributed by atoms with Gasteiger partial charge in [-0.3, -0.25) is 9.78 Å². The maximum atomic E-state index is 11.1. The zero-order valence-corrected chi connectivity index (χ0v) is 9.61.